The SMILES string of the molecule is CCN(CC)C(=O)c1ccc(N2CCN(C(=O)CCc3ccccc3-c3cccc(O)c3)CC2)nn1. The maximum Gasteiger partial charge on any atom is 0.274 e. The first-order valence-electron chi connectivity index (χ1n) is 12.5. The number of phenolic OH excluding ortho intramolecular Hbond substituents is 1. The second kappa shape index (κ2) is 11.7. The molecule has 0 bridgehead atoms. The Bertz CT molecular complexity index is 1190. The lowest BCUT2D eigenvalue weighted by molar-refractivity contribution is -0.131. The van der Waals surface area contributed by atoms with Crippen LogP contribution in [0.5, 0.6) is 5.75 Å². The van der Waals surface area contributed by atoms with E-state index >= 15 is 0 Å². The van der Waals surface area contributed by atoms with Crippen LogP contribution in [0.15, 0.2) is 60.7 Å². The number of aryl methyl sites for hydroxylation is 1. The molecule has 8 heteroatoms. The standard InChI is InChI=1S/C28H33N5O3/c1-3-31(4-2)28(36)25-13-14-26(30-29-25)32-16-18-33(19-17-32)27(35)15-12-21-8-5-6-11-24(21)22-9-7-10-23(34)20-22/h5-11,13-14,20,34H,3-4,12,15-19H2,1-2H3. The Morgan fingerprint density at radius 3 is 2.33 bits per heavy atom. The highest BCUT2D eigenvalue weighted by Gasteiger charge is 2.23. The van der Waals surface area contributed by atoms with Crippen LogP contribution in [0, 0.1) is 0 Å². The highest BCUT2D eigenvalue weighted by Crippen LogP contribution is 2.27. The zero-order valence-corrected chi connectivity index (χ0v) is 20.9. The van der Waals surface area contributed by atoms with E-state index in [4.69, 9.17) is 0 Å². The Morgan fingerprint density at radius 1 is 0.917 bits per heavy atom. The summed E-state index contributed by atoms with van der Waals surface area (Å²) >= 11 is 0. The van der Waals surface area contributed by atoms with Gasteiger partial charge < -0.3 is 19.8 Å². The van der Waals surface area contributed by atoms with Gasteiger partial charge in [0, 0.05) is 45.7 Å². The van der Waals surface area contributed by atoms with Gasteiger partial charge in [0.05, 0.1) is 0 Å². The van der Waals surface area contributed by atoms with Crippen molar-refractivity contribution < 1.29 is 14.7 Å². The minimum atomic E-state index is -0.111. The van der Waals surface area contributed by atoms with E-state index in [-0.39, 0.29) is 17.6 Å². The molecule has 1 aromatic heterocycles. The molecule has 0 unspecified atom stereocenters. The van der Waals surface area contributed by atoms with Gasteiger partial charge in [0.15, 0.2) is 11.5 Å². The maximum atomic E-state index is 13.0. The summed E-state index contributed by atoms with van der Waals surface area (Å²) in [5.74, 6) is 0.969. The average Bonchev–Trinajstić information content (AvgIpc) is 2.92. The number of anilines is 1. The van der Waals surface area contributed by atoms with Gasteiger partial charge in [-0.2, -0.15) is 0 Å². The Kier molecular flexibility index (Phi) is 8.15. The number of aromatic nitrogens is 2. The van der Waals surface area contributed by atoms with Crippen molar-refractivity contribution in [3.8, 4) is 16.9 Å². The minimum Gasteiger partial charge on any atom is -0.508 e. The number of hydrogen-bond acceptors (Lipinski definition) is 6. The molecule has 1 saturated heterocycles. The highest BCUT2D eigenvalue weighted by atomic mass is 16.3. The highest BCUT2D eigenvalue weighted by molar-refractivity contribution is 5.92. The van der Waals surface area contributed by atoms with Gasteiger partial charge in [-0.15, -0.1) is 10.2 Å². The van der Waals surface area contributed by atoms with Crippen LogP contribution >= 0.6 is 0 Å². The molecule has 0 saturated carbocycles. The van der Waals surface area contributed by atoms with Gasteiger partial charge >= 0.3 is 0 Å². The molecule has 36 heavy (non-hydrogen) atoms. The van der Waals surface area contributed by atoms with Crippen LogP contribution in [0.4, 0.5) is 5.82 Å². The molecule has 0 aliphatic carbocycles. The fraction of sp³-hybridized carbons (Fsp3) is 0.357. The number of carbonyl (C=O) groups is 2. The molecule has 0 atom stereocenters. The summed E-state index contributed by atoms with van der Waals surface area (Å²) in [5.41, 5.74) is 3.41. The third-order valence-electron chi connectivity index (χ3n) is 6.66. The van der Waals surface area contributed by atoms with Crippen LogP contribution in [0.3, 0.4) is 0 Å². The maximum absolute atomic E-state index is 13.0. The molecule has 0 radical (unpaired) electrons. The summed E-state index contributed by atoms with van der Waals surface area (Å²) in [6.45, 7) is 7.73. The number of nitrogens with zero attached hydrogens (tertiary/aromatic N) is 5. The molecule has 1 aliphatic rings. The second-order valence-corrected chi connectivity index (χ2v) is 8.83. The fourth-order valence-electron chi connectivity index (χ4n) is 4.56. The smallest absolute Gasteiger partial charge is 0.274 e. The Morgan fingerprint density at radius 2 is 1.67 bits per heavy atom. The summed E-state index contributed by atoms with van der Waals surface area (Å²) < 4.78 is 0. The first-order chi connectivity index (χ1) is 17.5. The largest absolute Gasteiger partial charge is 0.508 e. The van der Waals surface area contributed by atoms with Gasteiger partial charge in [0.2, 0.25) is 5.91 Å². The summed E-state index contributed by atoms with van der Waals surface area (Å²) in [5, 5.41) is 18.3. The van der Waals surface area contributed by atoms with Crippen molar-refractivity contribution in [2.75, 3.05) is 44.2 Å². The molecule has 188 valence electrons. The van der Waals surface area contributed by atoms with Gasteiger partial charge in [-0.25, -0.2) is 0 Å². The number of aromatic hydroxyl groups is 1. The van der Waals surface area contributed by atoms with E-state index in [1.165, 1.54) is 0 Å². The number of piperazine rings is 1. The van der Waals surface area contributed by atoms with Crippen LogP contribution < -0.4 is 4.90 Å². The van der Waals surface area contributed by atoms with Crippen LogP contribution in [-0.4, -0.2) is 76.2 Å². The van der Waals surface area contributed by atoms with Crippen LogP contribution in [0.1, 0.15) is 36.3 Å². The molecule has 4 rings (SSSR count). The monoisotopic (exact) mass is 487 g/mol. The first-order valence-corrected chi connectivity index (χ1v) is 12.5. The van der Waals surface area contributed by atoms with E-state index in [1.807, 2.05) is 61.2 Å². The van der Waals surface area contributed by atoms with E-state index in [1.54, 1.807) is 23.1 Å². The molecule has 1 aliphatic heterocycles. The van der Waals surface area contributed by atoms with Crippen LogP contribution in [0.2, 0.25) is 0 Å². The van der Waals surface area contributed by atoms with Gasteiger partial charge in [-0.3, -0.25) is 9.59 Å². The van der Waals surface area contributed by atoms with Crippen LogP contribution in [0.25, 0.3) is 11.1 Å². The summed E-state index contributed by atoms with van der Waals surface area (Å²) in [6, 6.07) is 18.8. The van der Waals surface area contributed by atoms with Gasteiger partial charge in [-0.05, 0) is 61.2 Å². The summed E-state index contributed by atoms with van der Waals surface area (Å²) in [4.78, 5) is 31.1. The lowest BCUT2D eigenvalue weighted by atomic mass is 9.96. The van der Waals surface area contributed by atoms with Gasteiger partial charge in [-0.1, -0.05) is 36.4 Å². The molecule has 8 nitrogen and oxygen atoms in total. The van der Waals surface area contributed by atoms with Gasteiger partial charge in [0.1, 0.15) is 5.75 Å². The Balaban J connectivity index is 1.31. The molecule has 2 heterocycles. The number of hydrogen-bond donors (Lipinski definition) is 1. The van der Waals surface area contributed by atoms with Crippen molar-refractivity contribution >= 4 is 17.6 Å². The van der Waals surface area contributed by atoms with E-state index in [0.29, 0.717) is 57.8 Å². The summed E-state index contributed by atoms with van der Waals surface area (Å²) in [6.07, 6.45) is 1.07. The number of rotatable bonds is 8. The van der Waals surface area contributed by atoms with Crippen molar-refractivity contribution in [1.29, 1.82) is 0 Å². The predicted molar refractivity (Wildman–Crippen MR) is 140 cm³/mol. The number of carbonyl (C=O) groups excluding carboxylic acids is 2. The van der Waals surface area contributed by atoms with Crippen LogP contribution in [-0.2, 0) is 11.2 Å². The molecule has 2 aromatic carbocycles. The molecule has 1 N–H and O–H groups in total. The molecule has 0 spiro atoms. The third-order valence-corrected chi connectivity index (χ3v) is 6.66. The minimum absolute atomic E-state index is 0.111. The van der Waals surface area contributed by atoms with Crippen molar-refractivity contribution in [3.05, 3.63) is 71.9 Å². The first kappa shape index (κ1) is 25.2. The van der Waals surface area contributed by atoms with E-state index in [9.17, 15) is 14.7 Å². The van der Waals surface area contributed by atoms with E-state index in [0.717, 1.165) is 22.5 Å². The molecule has 1 fully saturated rings. The molecular weight excluding hydrogens is 454 g/mol. The lowest BCUT2D eigenvalue weighted by Gasteiger charge is -2.35. The summed E-state index contributed by atoms with van der Waals surface area (Å²) in [7, 11) is 0. The lowest BCUT2D eigenvalue weighted by Crippen LogP contribution is -2.49. The fourth-order valence-corrected chi connectivity index (χ4v) is 4.56. The van der Waals surface area contributed by atoms with Crippen molar-refractivity contribution in [1.82, 2.24) is 20.0 Å². The van der Waals surface area contributed by atoms with Crippen molar-refractivity contribution in [3.63, 3.8) is 0 Å². The Labute approximate surface area is 212 Å². The average molecular weight is 488 g/mol. The number of amides is 2. The molecule has 2 amide bonds. The molecule has 3 aromatic rings. The number of benzene rings is 2. The second-order valence-electron chi connectivity index (χ2n) is 8.83. The Hall–Kier alpha value is -3.94. The predicted octanol–water partition coefficient (Wildman–Crippen LogP) is 3.61. The normalized spacial score (nSPS) is 13.5. The topological polar surface area (TPSA) is 89.9 Å². The third kappa shape index (κ3) is 5.82. The van der Waals surface area contributed by atoms with E-state index < -0.39 is 0 Å². The molecular formula is C28H33N5O3. The zero-order valence-electron chi connectivity index (χ0n) is 20.9. The van der Waals surface area contributed by atoms with E-state index in [2.05, 4.69) is 15.1 Å². The number of phenols is 1. The quantitative estimate of drug-likeness (QED) is 0.522. The zero-order chi connectivity index (χ0) is 25.5. The van der Waals surface area contributed by atoms with Gasteiger partial charge in [0.25, 0.3) is 5.91 Å². The van der Waals surface area contributed by atoms with Crippen molar-refractivity contribution in [2.24, 2.45) is 0 Å². The van der Waals surface area contributed by atoms with Crippen molar-refractivity contribution in [2.45, 2.75) is 26.7 Å².